The Morgan fingerprint density at radius 3 is 3.00 bits per heavy atom. The van der Waals surface area contributed by atoms with Crippen LogP contribution in [0.5, 0.6) is 0 Å². The summed E-state index contributed by atoms with van der Waals surface area (Å²) >= 11 is 0. The summed E-state index contributed by atoms with van der Waals surface area (Å²) in [6, 6.07) is 2.21. The van der Waals surface area contributed by atoms with Crippen molar-refractivity contribution in [2.75, 3.05) is 6.54 Å². The Labute approximate surface area is 124 Å². The lowest BCUT2D eigenvalue weighted by Crippen LogP contribution is -2.39. The topological polar surface area (TPSA) is 61.9 Å². The van der Waals surface area contributed by atoms with Gasteiger partial charge in [0.05, 0.1) is 5.56 Å². The predicted molar refractivity (Wildman–Crippen MR) is 82.1 cm³/mol. The maximum Gasteiger partial charge on any atom is 0.255 e. The fraction of sp³-hybridized carbons (Fsp3) is 0.438. The van der Waals surface area contributed by atoms with Gasteiger partial charge in [-0.1, -0.05) is 18.9 Å². The minimum Gasteiger partial charge on any atom is -0.332 e. The van der Waals surface area contributed by atoms with Gasteiger partial charge in [-0.05, 0) is 25.8 Å². The fourth-order valence-corrected chi connectivity index (χ4v) is 3.06. The maximum atomic E-state index is 12.8. The number of carbonyl (C=O) groups is 1. The molecular formula is C16H20N4O. The van der Waals surface area contributed by atoms with Crippen LogP contribution < -0.4 is 0 Å². The summed E-state index contributed by atoms with van der Waals surface area (Å²) < 4.78 is 0. The van der Waals surface area contributed by atoms with Crippen molar-refractivity contribution in [3.05, 3.63) is 36.2 Å². The number of amides is 1. The number of carbonyl (C=O) groups excluding carboxylic acids is 1. The Bertz CT molecular complexity index is 670. The van der Waals surface area contributed by atoms with E-state index < -0.39 is 0 Å². The lowest BCUT2D eigenvalue weighted by molar-refractivity contribution is 0.0706. The number of aryl methyl sites for hydroxylation is 1. The maximum absolute atomic E-state index is 12.8. The van der Waals surface area contributed by atoms with Crippen LogP contribution in [0.1, 0.15) is 41.7 Å². The van der Waals surface area contributed by atoms with Gasteiger partial charge in [0.2, 0.25) is 0 Å². The molecule has 5 heteroatoms. The highest BCUT2D eigenvalue weighted by molar-refractivity contribution is 5.97. The molecule has 110 valence electrons. The number of hydrogen-bond acceptors (Lipinski definition) is 3. The number of rotatable bonds is 4. The molecule has 1 amide bonds. The molecule has 1 aliphatic carbocycles. The molecule has 5 nitrogen and oxygen atoms in total. The molecule has 0 bridgehead atoms. The molecule has 0 radical (unpaired) electrons. The normalized spacial score (nSPS) is 15.5. The van der Waals surface area contributed by atoms with Crippen LogP contribution in [0.3, 0.4) is 0 Å². The summed E-state index contributed by atoms with van der Waals surface area (Å²) in [6.07, 6.45) is 7.98. The molecule has 0 spiro atoms. The third-order valence-electron chi connectivity index (χ3n) is 4.20. The lowest BCUT2D eigenvalue weighted by Gasteiger charge is -2.27. The first-order valence-corrected chi connectivity index (χ1v) is 7.43. The lowest BCUT2D eigenvalue weighted by atomic mass is 10.1. The molecule has 3 rings (SSSR count). The zero-order chi connectivity index (χ0) is 14.8. The summed E-state index contributed by atoms with van der Waals surface area (Å²) in [7, 11) is 0. The number of hydrogen-bond donors (Lipinski definition) is 1. The van der Waals surface area contributed by atoms with Gasteiger partial charge in [0.25, 0.3) is 5.91 Å². The highest BCUT2D eigenvalue weighted by Gasteiger charge is 2.27. The number of aromatic amines is 1. The summed E-state index contributed by atoms with van der Waals surface area (Å²) in [5.74, 6) is 0.0387. The fourth-order valence-electron chi connectivity index (χ4n) is 3.06. The molecular weight excluding hydrogens is 264 g/mol. The van der Waals surface area contributed by atoms with E-state index in [2.05, 4.69) is 21.8 Å². The van der Waals surface area contributed by atoms with E-state index in [0.29, 0.717) is 23.8 Å². The molecule has 1 aliphatic rings. The van der Waals surface area contributed by atoms with E-state index in [9.17, 15) is 4.79 Å². The number of aromatic nitrogens is 3. The van der Waals surface area contributed by atoms with Crippen LogP contribution in [0, 0.1) is 6.92 Å². The second-order valence-corrected chi connectivity index (χ2v) is 5.63. The van der Waals surface area contributed by atoms with Crippen LogP contribution in [0.4, 0.5) is 0 Å². The Kier molecular flexibility index (Phi) is 3.73. The second kappa shape index (κ2) is 5.68. The van der Waals surface area contributed by atoms with Crippen LogP contribution in [-0.2, 0) is 0 Å². The summed E-state index contributed by atoms with van der Waals surface area (Å²) in [5.41, 5.74) is 2.21. The number of nitrogens with one attached hydrogen (secondary N) is 1. The summed E-state index contributed by atoms with van der Waals surface area (Å²) in [5, 5.41) is 7.91. The smallest absolute Gasteiger partial charge is 0.255 e. The standard InChI is InChI=1S/C16H20N4O/c1-3-8-20(13-6-4-5-7-13)16(21)12-9-14-11(2)18-19-15(14)17-10-12/h3,9-10,13H,1,4-8H2,2H3,(H,17,18,19). The van der Waals surface area contributed by atoms with Crippen LogP contribution >= 0.6 is 0 Å². The largest absolute Gasteiger partial charge is 0.332 e. The van der Waals surface area contributed by atoms with E-state index in [-0.39, 0.29) is 5.91 Å². The molecule has 0 atom stereocenters. The van der Waals surface area contributed by atoms with Gasteiger partial charge in [-0.2, -0.15) is 5.10 Å². The van der Waals surface area contributed by atoms with Crippen molar-refractivity contribution in [1.82, 2.24) is 20.1 Å². The van der Waals surface area contributed by atoms with E-state index in [1.165, 1.54) is 12.8 Å². The summed E-state index contributed by atoms with van der Waals surface area (Å²) in [6.45, 7) is 6.30. The van der Waals surface area contributed by atoms with Gasteiger partial charge in [0.1, 0.15) is 0 Å². The monoisotopic (exact) mass is 284 g/mol. The minimum atomic E-state index is 0.0387. The van der Waals surface area contributed by atoms with Crippen molar-refractivity contribution >= 4 is 16.9 Å². The van der Waals surface area contributed by atoms with Crippen molar-refractivity contribution in [2.45, 2.75) is 38.6 Å². The molecule has 1 fully saturated rings. The Morgan fingerprint density at radius 2 is 2.29 bits per heavy atom. The van der Waals surface area contributed by atoms with Gasteiger partial charge < -0.3 is 4.90 Å². The van der Waals surface area contributed by atoms with Crippen LogP contribution in [-0.4, -0.2) is 38.6 Å². The van der Waals surface area contributed by atoms with Crippen molar-refractivity contribution in [1.29, 1.82) is 0 Å². The highest BCUT2D eigenvalue weighted by atomic mass is 16.2. The van der Waals surface area contributed by atoms with E-state index >= 15 is 0 Å². The van der Waals surface area contributed by atoms with Crippen LogP contribution in [0.2, 0.25) is 0 Å². The molecule has 21 heavy (non-hydrogen) atoms. The first kappa shape index (κ1) is 13.8. The van der Waals surface area contributed by atoms with Gasteiger partial charge in [-0.25, -0.2) is 4.98 Å². The van der Waals surface area contributed by atoms with Gasteiger partial charge in [0.15, 0.2) is 5.65 Å². The number of fused-ring (bicyclic) bond motifs is 1. The van der Waals surface area contributed by atoms with Crippen molar-refractivity contribution in [2.24, 2.45) is 0 Å². The molecule has 0 unspecified atom stereocenters. The van der Waals surface area contributed by atoms with E-state index in [1.54, 1.807) is 12.3 Å². The molecule has 0 aromatic carbocycles. The molecule has 2 aromatic rings. The zero-order valence-electron chi connectivity index (χ0n) is 12.3. The average Bonchev–Trinajstić information content (AvgIpc) is 3.14. The van der Waals surface area contributed by atoms with Crippen molar-refractivity contribution in [3.8, 4) is 0 Å². The first-order valence-electron chi connectivity index (χ1n) is 7.43. The zero-order valence-corrected chi connectivity index (χ0v) is 12.3. The van der Waals surface area contributed by atoms with E-state index in [0.717, 1.165) is 23.9 Å². The van der Waals surface area contributed by atoms with Gasteiger partial charge in [0, 0.05) is 29.9 Å². The molecule has 1 N–H and O–H groups in total. The Morgan fingerprint density at radius 1 is 1.52 bits per heavy atom. The van der Waals surface area contributed by atoms with E-state index in [4.69, 9.17) is 0 Å². The van der Waals surface area contributed by atoms with Gasteiger partial charge in [-0.15, -0.1) is 6.58 Å². The van der Waals surface area contributed by atoms with E-state index in [1.807, 2.05) is 17.9 Å². The molecule has 0 saturated heterocycles. The molecule has 2 aromatic heterocycles. The SMILES string of the molecule is C=CCN(C(=O)c1cnc2n[nH]c(C)c2c1)C1CCCC1. The number of pyridine rings is 1. The van der Waals surface area contributed by atoms with Crippen LogP contribution in [0.25, 0.3) is 11.0 Å². The third kappa shape index (κ3) is 2.55. The molecule has 0 aliphatic heterocycles. The summed E-state index contributed by atoms with van der Waals surface area (Å²) in [4.78, 5) is 19.0. The van der Waals surface area contributed by atoms with Gasteiger partial charge >= 0.3 is 0 Å². The average molecular weight is 284 g/mol. The second-order valence-electron chi connectivity index (χ2n) is 5.63. The third-order valence-corrected chi connectivity index (χ3v) is 4.20. The molecule has 2 heterocycles. The first-order chi connectivity index (χ1) is 10.2. The number of nitrogens with zero attached hydrogens (tertiary/aromatic N) is 3. The minimum absolute atomic E-state index is 0.0387. The number of H-pyrrole nitrogens is 1. The van der Waals surface area contributed by atoms with Crippen molar-refractivity contribution in [3.63, 3.8) is 0 Å². The van der Waals surface area contributed by atoms with Gasteiger partial charge in [-0.3, -0.25) is 9.89 Å². The highest BCUT2D eigenvalue weighted by Crippen LogP contribution is 2.25. The Balaban J connectivity index is 1.92. The van der Waals surface area contributed by atoms with Crippen molar-refractivity contribution < 1.29 is 4.79 Å². The van der Waals surface area contributed by atoms with Crippen LogP contribution in [0.15, 0.2) is 24.9 Å². The Hall–Kier alpha value is -2.17. The predicted octanol–water partition coefficient (Wildman–Crippen LogP) is 2.84. The quantitative estimate of drug-likeness (QED) is 0.878. The molecule has 1 saturated carbocycles.